The van der Waals surface area contributed by atoms with Crippen molar-refractivity contribution in [3.8, 4) is 0 Å². The molecule has 1 rings (SSSR count). The van der Waals surface area contributed by atoms with Crippen LogP contribution in [0, 0.1) is 0 Å². The van der Waals surface area contributed by atoms with Crippen molar-refractivity contribution in [2.75, 3.05) is 7.05 Å². The highest BCUT2D eigenvalue weighted by Gasteiger charge is 1.84. The van der Waals surface area contributed by atoms with Crippen LogP contribution in [0.4, 0.5) is 0 Å². The van der Waals surface area contributed by atoms with E-state index in [-0.39, 0.29) is 0 Å². The lowest BCUT2D eigenvalue weighted by molar-refractivity contribution is 0.612. The zero-order valence-corrected chi connectivity index (χ0v) is 4.46. The molecule has 1 heterocycles. The fraction of sp³-hybridized carbons (Fsp3) is 0.333. The summed E-state index contributed by atoms with van der Waals surface area (Å²) in [5, 5.41) is 0. The molecule has 0 radical (unpaired) electrons. The van der Waals surface area contributed by atoms with Gasteiger partial charge in [-0.15, -0.1) is 0 Å². The van der Waals surface area contributed by atoms with Gasteiger partial charge in [-0.1, -0.05) is 12.2 Å². The Balaban J connectivity index is 2.49. The Morgan fingerprint density at radius 3 is 2.14 bits per heavy atom. The van der Waals surface area contributed by atoms with Gasteiger partial charge in [-0.05, 0) is 18.8 Å². The first-order valence-electron chi connectivity index (χ1n) is 2.45. The summed E-state index contributed by atoms with van der Waals surface area (Å²) in [4.78, 5) is 2.03. The minimum Gasteiger partial charge on any atom is -0.358 e. The van der Waals surface area contributed by atoms with Gasteiger partial charge in [0.2, 0.25) is 0 Å². The fourth-order valence-corrected chi connectivity index (χ4v) is 0.583. The average Bonchev–Trinajstić information content (AvgIpc) is 1.69. The summed E-state index contributed by atoms with van der Waals surface area (Å²) in [5.74, 6) is 0. The molecule has 0 bridgehead atoms. The lowest BCUT2D eigenvalue weighted by Gasteiger charge is -2.08. The Labute approximate surface area is 43.9 Å². The van der Waals surface area contributed by atoms with Gasteiger partial charge >= 0.3 is 0 Å². The van der Waals surface area contributed by atoms with Crippen LogP contribution in [0.1, 0.15) is 6.42 Å². The van der Waals surface area contributed by atoms with Crippen LogP contribution in [0.25, 0.3) is 0 Å². The number of hydrogen-bond donors (Lipinski definition) is 0. The van der Waals surface area contributed by atoms with Crippen molar-refractivity contribution in [3.05, 3.63) is 24.6 Å². The number of rotatable bonds is 0. The maximum atomic E-state index is 2.12. The summed E-state index contributed by atoms with van der Waals surface area (Å²) in [6.07, 6.45) is 9.45. The number of nitrogens with zero attached hydrogens (tertiary/aromatic N) is 1. The zero-order chi connectivity index (χ0) is 5.11. The van der Waals surface area contributed by atoms with Crippen molar-refractivity contribution in [1.29, 1.82) is 0 Å². The summed E-state index contributed by atoms with van der Waals surface area (Å²) in [6.45, 7) is 0. The second-order valence-electron chi connectivity index (χ2n) is 1.67. The van der Waals surface area contributed by atoms with Crippen LogP contribution in [-0.4, -0.2) is 11.9 Å². The third kappa shape index (κ3) is 1.07. The van der Waals surface area contributed by atoms with E-state index in [0.29, 0.717) is 0 Å². The lowest BCUT2D eigenvalue weighted by atomic mass is 10.3. The molecule has 0 aromatic rings. The number of allylic oxidation sites excluding steroid dienone is 2. The van der Waals surface area contributed by atoms with E-state index in [4.69, 9.17) is 0 Å². The molecule has 7 heavy (non-hydrogen) atoms. The number of hydrogen-bond acceptors (Lipinski definition) is 1. The van der Waals surface area contributed by atoms with Crippen molar-refractivity contribution in [2.24, 2.45) is 0 Å². The highest BCUT2D eigenvalue weighted by atomic mass is 15.0. The molecule has 1 aliphatic rings. The third-order valence-electron chi connectivity index (χ3n) is 0.953. The summed E-state index contributed by atoms with van der Waals surface area (Å²) in [7, 11) is 2.02. The van der Waals surface area contributed by atoms with Gasteiger partial charge in [-0.3, -0.25) is 0 Å². The molecule has 0 aliphatic carbocycles. The molecular formula is C6H9N. The minimum absolute atomic E-state index is 1.09. The molecule has 0 atom stereocenters. The second kappa shape index (κ2) is 1.82. The van der Waals surface area contributed by atoms with Crippen molar-refractivity contribution >= 4 is 0 Å². The van der Waals surface area contributed by atoms with E-state index in [0.717, 1.165) is 6.42 Å². The van der Waals surface area contributed by atoms with Crippen LogP contribution >= 0.6 is 0 Å². The maximum absolute atomic E-state index is 2.12. The quantitative estimate of drug-likeness (QED) is 0.439. The van der Waals surface area contributed by atoms with Crippen molar-refractivity contribution in [2.45, 2.75) is 6.42 Å². The zero-order valence-electron chi connectivity index (χ0n) is 4.46. The Morgan fingerprint density at radius 2 is 1.86 bits per heavy atom. The van der Waals surface area contributed by atoms with Crippen LogP contribution < -0.4 is 0 Å². The van der Waals surface area contributed by atoms with Gasteiger partial charge in [0.1, 0.15) is 0 Å². The van der Waals surface area contributed by atoms with Crippen LogP contribution in [0.5, 0.6) is 0 Å². The van der Waals surface area contributed by atoms with Crippen LogP contribution in [0.2, 0.25) is 0 Å². The molecule has 0 spiro atoms. The van der Waals surface area contributed by atoms with Gasteiger partial charge in [0, 0.05) is 7.05 Å². The smallest absolute Gasteiger partial charge is 0.0106 e. The Morgan fingerprint density at radius 1 is 1.29 bits per heavy atom. The molecule has 0 aromatic carbocycles. The predicted octanol–water partition coefficient (Wildman–Crippen LogP) is 1.35. The molecule has 0 amide bonds. The highest BCUT2D eigenvalue weighted by molar-refractivity contribution is 5.00. The Kier molecular flexibility index (Phi) is 1.16. The molecule has 0 saturated carbocycles. The van der Waals surface area contributed by atoms with E-state index < -0.39 is 0 Å². The van der Waals surface area contributed by atoms with E-state index in [1.165, 1.54) is 0 Å². The Hall–Kier alpha value is -0.720. The van der Waals surface area contributed by atoms with Crippen molar-refractivity contribution < 1.29 is 0 Å². The molecule has 0 aromatic heterocycles. The predicted molar refractivity (Wildman–Crippen MR) is 30.7 cm³/mol. The van der Waals surface area contributed by atoms with E-state index in [2.05, 4.69) is 24.6 Å². The maximum Gasteiger partial charge on any atom is 0.0106 e. The summed E-state index contributed by atoms with van der Waals surface area (Å²) >= 11 is 0. The first-order valence-corrected chi connectivity index (χ1v) is 2.45. The van der Waals surface area contributed by atoms with Crippen LogP contribution in [0.15, 0.2) is 24.6 Å². The highest BCUT2D eigenvalue weighted by Crippen LogP contribution is 1.97. The first kappa shape index (κ1) is 4.44. The SMILES string of the molecule is CN1C=CCC=C1. The molecular weight excluding hydrogens is 86.1 g/mol. The third-order valence-corrected chi connectivity index (χ3v) is 0.953. The summed E-state index contributed by atoms with van der Waals surface area (Å²) in [5.41, 5.74) is 0. The van der Waals surface area contributed by atoms with Gasteiger partial charge in [-0.2, -0.15) is 0 Å². The van der Waals surface area contributed by atoms with Crippen LogP contribution in [-0.2, 0) is 0 Å². The summed E-state index contributed by atoms with van der Waals surface area (Å²) in [6, 6.07) is 0. The first-order chi connectivity index (χ1) is 3.39. The van der Waals surface area contributed by atoms with Gasteiger partial charge in [0.15, 0.2) is 0 Å². The van der Waals surface area contributed by atoms with Crippen LogP contribution in [0.3, 0.4) is 0 Å². The molecule has 1 heteroatoms. The fourth-order valence-electron chi connectivity index (χ4n) is 0.583. The lowest BCUT2D eigenvalue weighted by Crippen LogP contribution is -2.01. The van der Waals surface area contributed by atoms with E-state index >= 15 is 0 Å². The summed E-state index contributed by atoms with van der Waals surface area (Å²) < 4.78 is 0. The largest absolute Gasteiger partial charge is 0.358 e. The molecule has 0 N–H and O–H groups in total. The second-order valence-corrected chi connectivity index (χ2v) is 1.67. The average molecular weight is 95.1 g/mol. The minimum atomic E-state index is 1.09. The molecule has 1 aliphatic heterocycles. The molecule has 0 saturated heterocycles. The van der Waals surface area contributed by atoms with Gasteiger partial charge in [0.05, 0.1) is 0 Å². The van der Waals surface area contributed by atoms with Crippen molar-refractivity contribution in [1.82, 2.24) is 4.90 Å². The molecule has 0 fully saturated rings. The van der Waals surface area contributed by atoms with Gasteiger partial charge < -0.3 is 4.90 Å². The van der Waals surface area contributed by atoms with E-state index in [1.54, 1.807) is 0 Å². The topological polar surface area (TPSA) is 3.24 Å². The Bertz CT molecular complexity index is 90.7. The monoisotopic (exact) mass is 95.1 g/mol. The van der Waals surface area contributed by atoms with E-state index in [9.17, 15) is 0 Å². The molecule has 38 valence electrons. The molecule has 1 nitrogen and oxygen atoms in total. The van der Waals surface area contributed by atoms with E-state index in [1.807, 2.05) is 11.9 Å². The van der Waals surface area contributed by atoms with Gasteiger partial charge in [0.25, 0.3) is 0 Å². The van der Waals surface area contributed by atoms with Crippen molar-refractivity contribution in [3.63, 3.8) is 0 Å². The normalized spacial score (nSPS) is 18.1. The molecule has 0 unspecified atom stereocenters. The van der Waals surface area contributed by atoms with Gasteiger partial charge in [-0.25, -0.2) is 0 Å². The standard InChI is InChI=1S/C6H9N/c1-7-5-3-2-4-6-7/h3-6H,2H2,1H3.